The monoisotopic (exact) mass is 267 g/mol. The van der Waals surface area contributed by atoms with E-state index in [1.165, 1.54) is 18.6 Å². The van der Waals surface area contributed by atoms with E-state index >= 15 is 0 Å². The highest BCUT2D eigenvalue weighted by atomic mass is 16.1. The van der Waals surface area contributed by atoms with Crippen LogP contribution in [0.4, 0.5) is 5.69 Å². The van der Waals surface area contributed by atoms with E-state index in [4.69, 9.17) is 0 Å². The Morgan fingerprint density at radius 2 is 2.15 bits per heavy atom. The fraction of sp³-hybridized carbons (Fsp3) is 0.143. The zero-order valence-corrected chi connectivity index (χ0v) is 11.2. The van der Waals surface area contributed by atoms with Crippen LogP contribution in [-0.4, -0.2) is 25.3 Å². The topological polar surface area (TPSA) is 72.2 Å². The minimum absolute atomic E-state index is 0.273. The molecule has 0 aliphatic rings. The second-order valence-electron chi connectivity index (χ2n) is 4.44. The van der Waals surface area contributed by atoms with Gasteiger partial charge in [0, 0.05) is 24.3 Å². The zero-order valence-electron chi connectivity index (χ0n) is 11.2. The van der Waals surface area contributed by atoms with E-state index in [-0.39, 0.29) is 11.6 Å². The summed E-state index contributed by atoms with van der Waals surface area (Å²) in [6, 6.07) is 3.68. The van der Waals surface area contributed by atoms with Gasteiger partial charge in [-0.2, -0.15) is 0 Å². The van der Waals surface area contributed by atoms with Crippen molar-refractivity contribution >= 4 is 17.2 Å². The summed E-state index contributed by atoms with van der Waals surface area (Å²) in [4.78, 5) is 24.4. The number of imidazole rings is 1. The number of pyridine rings is 1. The molecule has 3 rings (SSSR count). The minimum Gasteiger partial charge on any atom is -0.317 e. The van der Waals surface area contributed by atoms with Gasteiger partial charge in [0.15, 0.2) is 5.65 Å². The fourth-order valence-corrected chi connectivity index (χ4v) is 2.00. The number of nitrogens with zero attached hydrogens (tertiary/aromatic N) is 4. The van der Waals surface area contributed by atoms with Crippen molar-refractivity contribution in [2.24, 2.45) is 0 Å². The zero-order chi connectivity index (χ0) is 14.1. The molecule has 0 fully saturated rings. The second-order valence-corrected chi connectivity index (χ2v) is 4.44. The molecule has 6 nitrogen and oxygen atoms in total. The summed E-state index contributed by atoms with van der Waals surface area (Å²) in [6.45, 7) is 3.93. The predicted octanol–water partition coefficient (Wildman–Crippen LogP) is 1.99. The van der Waals surface area contributed by atoms with E-state index < -0.39 is 0 Å². The van der Waals surface area contributed by atoms with Gasteiger partial charge in [-0.25, -0.2) is 9.97 Å². The van der Waals surface area contributed by atoms with E-state index in [2.05, 4.69) is 20.3 Å². The van der Waals surface area contributed by atoms with Crippen molar-refractivity contribution in [1.82, 2.24) is 19.4 Å². The van der Waals surface area contributed by atoms with Gasteiger partial charge >= 0.3 is 0 Å². The fourth-order valence-electron chi connectivity index (χ4n) is 2.00. The molecule has 3 aromatic heterocycles. The van der Waals surface area contributed by atoms with Crippen LogP contribution in [0, 0.1) is 13.8 Å². The lowest BCUT2D eigenvalue weighted by atomic mass is 10.3. The van der Waals surface area contributed by atoms with Crippen LogP contribution in [0.5, 0.6) is 0 Å². The largest absolute Gasteiger partial charge is 0.317 e. The Kier molecular flexibility index (Phi) is 2.90. The summed E-state index contributed by atoms with van der Waals surface area (Å²) < 4.78 is 1.95. The molecule has 0 spiro atoms. The Labute approximate surface area is 115 Å². The number of hydrogen-bond acceptors (Lipinski definition) is 4. The number of fused-ring (bicyclic) bond motifs is 1. The number of rotatable bonds is 2. The van der Waals surface area contributed by atoms with Crippen LogP contribution in [0.2, 0.25) is 0 Å². The normalized spacial score (nSPS) is 10.7. The molecular formula is C14H13N5O. The molecule has 6 heteroatoms. The maximum absolute atomic E-state index is 12.1. The number of amides is 1. The molecule has 3 heterocycles. The van der Waals surface area contributed by atoms with E-state index in [1.807, 2.05) is 36.6 Å². The first-order valence-corrected chi connectivity index (χ1v) is 6.18. The third kappa shape index (κ3) is 2.01. The number of aromatic nitrogens is 4. The molecular weight excluding hydrogens is 254 g/mol. The van der Waals surface area contributed by atoms with Crippen molar-refractivity contribution in [3.05, 3.63) is 54.0 Å². The first-order chi connectivity index (χ1) is 9.66. The van der Waals surface area contributed by atoms with E-state index in [0.29, 0.717) is 5.69 Å². The highest BCUT2D eigenvalue weighted by Crippen LogP contribution is 2.19. The predicted molar refractivity (Wildman–Crippen MR) is 74.7 cm³/mol. The van der Waals surface area contributed by atoms with Crippen molar-refractivity contribution < 1.29 is 4.79 Å². The van der Waals surface area contributed by atoms with Crippen LogP contribution >= 0.6 is 0 Å². The minimum atomic E-state index is -0.301. The average Bonchev–Trinajstić information content (AvgIpc) is 2.77. The summed E-state index contributed by atoms with van der Waals surface area (Å²) in [5, 5.41) is 2.82. The Morgan fingerprint density at radius 3 is 2.90 bits per heavy atom. The number of carbonyl (C=O) groups excluding carboxylic acids is 1. The Morgan fingerprint density at radius 1 is 1.30 bits per heavy atom. The highest BCUT2D eigenvalue weighted by molar-refractivity contribution is 6.04. The molecule has 1 N–H and O–H groups in total. The van der Waals surface area contributed by atoms with Gasteiger partial charge in [0.2, 0.25) is 0 Å². The molecule has 0 saturated heterocycles. The third-order valence-corrected chi connectivity index (χ3v) is 3.17. The smallest absolute Gasteiger partial charge is 0.275 e. The molecule has 20 heavy (non-hydrogen) atoms. The summed E-state index contributed by atoms with van der Waals surface area (Å²) >= 11 is 0. The second kappa shape index (κ2) is 4.73. The van der Waals surface area contributed by atoms with Crippen LogP contribution in [0.15, 0.2) is 36.9 Å². The van der Waals surface area contributed by atoms with Gasteiger partial charge in [-0.1, -0.05) is 0 Å². The van der Waals surface area contributed by atoms with Crippen molar-refractivity contribution in [3.63, 3.8) is 0 Å². The number of aryl methyl sites for hydroxylation is 2. The van der Waals surface area contributed by atoms with Crippen LogP contribution in [0.3, 0.4) is 0 Å². The number of nitrogens with one attached hydrogen (secondary N) is 1. The molecule has 0 bridgehead atoms. The van der Waals surface area contributed by atoms with Gasteiger partial charge in [-0.05, 0) is 26.0 Å². The molecule has 1 amide bonds. The van der Waals surface area contributed by atoms with Gasteiger partial charge in [0.25, 0.3) is 5.91 Å². The molecule has 0 unspecified atom stereocenters. The number of carbonyl (C=O) groups is 1. The van der Waals surface area contributed by atoms with Crippen molar-refractivity contribution in [2.45, 2.75) is 13.8 Å². The molecule has 0 radical (unpaired) electrons. The molecule has 0 aromatic carbocycles. The van der Waals surface area contributed by atoms with Gasteiger partial charge in [0.05, 0.1) is 17.6 Å². The van der Waals surface area contributed by atoms with Gasteiger partial charge in [-0.3, -0.25) is 9.78 Å². The SMILES string of the molecule is Cc1nc2c(NC(=O)c3cnccn3)cccn2c1C. The van der Waals surface area contributed by atoms with Crippen LogP contribution in [0.25, 0.3) is 5.65 Å². The van der Waals surface area contributed by atoms with E-state index in [1.54, 1.807) is 0 Å². The lowest BCUT2D eigenvalue weighted by Gasteiger charge is -2.06. The van der Waals surface area contributed by atoms with Crippen molar-refractivity contribution in [3.8, 4) is 0 Å². The van der Waals surface area contributed by atoms with Crippen molar-refractivity contribution in [2.75, 3.05) is 5.32 Å². The van der Waals surface area contributed by atoms with Gasteiger partial charge in [-0.15, -0.1) is 0 Å². The lowest BCUT2D eigenvalue weighted by Crippen LogP contribution is -2.14. The molecule has 0 saturated carbocycles. The first-order valence-electron chi connectivity index (χ1n) is 6.18. The Balaban J connectivity index is 1.99. The van der Waals surface area contributed by atoms with Crippen molar-refractivity contribution in [1.29, 1.82) is 0 Å². The van der Waals surface area contributed by atoms with Crippen LogP contribution in [0.1, 0.15) is 21.9 Å². The molecule has 3 aromatic rings. The molecule has 0 aliphatic heterocycles. The maximum Gasteiger partial charge on any atom is 0.275 e. The number of anilines is 1. The van der Waals surface area contributed by atoms with Gasteiger partial charge in [0.1, 0.15) is 5.69 Å². The lowest BCUT2D eigenvalue weighted by molar-refractivity contribution is 0.102. The van der Waals surface area contributed by atoms with E-state index in [0.717, 1.165) is 17.0 Å². The third-order valence-electron chi connectivity index (χ3n) is 3.17. The first kappa shape index (κ1) is 12.3. The molecule has 0 aliphatic carbocycles. The Bertz CT molecular complexity index is 779. The Hall–Kier alpha value is -2.76. The molecule has 100 valence electrons. The number of hydrogen-bond donors (Lipinski definition) is 1. The average molecular weight is 267 g/mol. The highest BCUT2D eigenvalue weighted by Gasteiger charge is 2.12. The quantitative estimate of drug-likeness (QED) is 0.770. The van der Waals surface area contributed by atoms with Gasteiger partial charge < -0.3 is 9.72 Å². The molecule has 0 atom stereocenters. The summed E-state index contributed by atoms with van der Waals surface area (Å²) in [5.74, 6) is -0.301. The van der Waals surface area contributed by atoms with E-state index in [9.17, 15) is 4.79 Å². The summed E-state index contributed by atoms with van der Waals surface area (Å²) in [6.07, 6.45) is 6.36. The van der Waals surface area contributed by atoms with Crippen LogP contribution < -0.4 is 5.32 Å². The van der Waals surface area contributed by atoms with Crippen LogP contribution in [-0.2, 0) is 0 Å². The standard InChI is InChI=1S/C14H13N5O/c1-9-10(2)19-7-3-4-11(13(19)17-9)18-14(20)12-8-15-5-6-16-12/h3-8H,1-2H3,(H,18,20). The maximum atomic E-state index is 12.1. The summed E-state index contributed by atoms with van der Waals surface area (Å²) in [5.41, 5.74) is 3.63. The summed E-state index contributed by atoms with van der Waals surface area (Å²) in [7, 11) is 0.